The molecule has 152 valence electrons. The number of fused-ring (bicyclic) bond motifs is 1. The maximum Gasteiger partial charge on any atom is 0.416 e. The number of nitrogens with zero attached hydrogens (tertiary/aromatic N) is 3. The average molecular weight is 431 g/mol. The summed E-state index contributed by atoms with van der Waals surface area (Å²) in [7, 11) is 0. The van der Waals surface area contributed by atoms with Gasteiger partial charge >= 0.3 is 6.18 Å². The Kier molecular flexibility index (Phi) is 4.95. The van der Waals surface area contributed by atoms with Gasteiger partial charge in [0.25, 0.3) is 5.91 Å². The smallest absolute Gasteiger partial charge is 0.363 e. The fraction of sp³-hybridized carbons (Fsp3) is 0.0952. The zero-order valence-electron chi connectivity index (χ0n) is 15.3. The molecule has 0 saturated heterocycles. The van der Waals surface area contributed by atoms with E-state index in [1.54, 1.807) is 24.5 Å². The predicted molar refractivity (Wildman–Crippen MR) is 107 cm³/mol. The molecule has 2 aromatic carbocycles. The molecule has 0 aliphatic rings. The van der Waals surface area contributed by atoms with Crippen molar-refractivity contribution in [1.82, 2.24) is 14.5 Å². The molecule has 0 saturated carbocycles. The molecule has 0 bridgehead atoms. The van der Waals surface area contributed by atoms with Gasteiger partial charge < -0.3 is 5.73 Å². The highest BCUT2D eigenvalue weighted by Crippen LogP contribution is 2.36. The molecular formula is C21H14ClF3N4O. The first-order valence-corrected chi connectivity index (χ1v) is 9.19. The Morgan fingerprint density at radius 2 is 1.67 bits per heavy atom. The minimum atomic E-state index is -4.60. The number of alkyl halides is 3. The van der Waals surface area contributed by atoms with Crippen molar-refractivity contribution in [3.63, 3.8) is 0 Å². The van der Waals surface area contributed by atoms with E-state index >= 15 is 0 Å². The van der Waals surface area contributed by atoms with Gasteiger partial charge in [-0.2, -0.15) is 13.2 Å². The van der Waals surface area contributed by atoms with Crippen molar-refractivity contribution in [3.8, 4) is 5.69 Å². The zero-order valence-corrected chi connectivity index (χ0v) is 16.1. The Hall–Kier alpha value is -3.39. The fourth-order valence-electron chi connectivity index (χ4n) is 3.23. The SMILES string of the molecule is NC(=O)c1nc2c(Cl)cc(C(F)(F)F)cc2n1-c1ccc(Cc2ccncc2)cc1. The van der Waals surface area contributed by atoms with E-state index in [-0.39, 0.29) is 21.9 Å². The fourth-order valence-corrected chi connectivity index (χ4v) is 3.48. The number of carbonyl (C=O) groups excluding carboxylic acids is 1. The van der Waals surface area contributed by atoms with Gasteiger partial charge in [0.1, 0.15) is 5.52 Å². The van der Waals surface area contributed by atoms with Crippen molar-refractivity contribution in [1.29, 1.82) is 0 Å². The number of nitrogens with two attached hydrogens (primary N) is 1. The second-order valence-corrected chi connectivity index (χ2v) is 7.06. The summed E-state index contributed by atoms with van der Waals surface area (Å²) in [6.45, 7) is 0. The third-order valence-electron chi connectivity index (χ3n) is 4.61. The minimum absolute atomic E-state index is 0.0468. The monoisotopic (exact) mass is 430 g/mol. The summed E-state index contributed by atoms with van der Waals surface area (Å²) < 4.78 is 41.1. The molecule has 0 atom stereocenters. The van der Waals surface area contributed by atoms with E-state index in [9.17, 15) is 18.0 Å². The summed E-state index contributed by atoms with van der Waals surface area (Å²) in [6.07, 6.45) is -0.556. The Labute approximate surface area is 173 Å². The second kappa shape index (κ2) is 7.46. The van der Waals surface area contributed by atoms with Crippen LogP contribution in [-0.4, -0.2) is 20.4 Å². The maximum atomic E-state index is 13.3. The number of primary amides is 1. The van der Waals surface area contributed by atoms with E-state index < -0.39 is 17.6 Å². The molecule has 0 aliphatic carbocycles. The van der Waals surface area contributed by atoms with Gasteiger partial charge in [-0.3, -0.25) is 14.3 Å². The van der Waals surface area contributed by atoms with Crippen molar-refractivity contribution >= 4 is 28.5 Å². The summed E-state index contributed by atoms with van der Waals surface area (Å²) >= 11 is 6.03. The summed E-state index contributed by atoms with van der Waals surface area (Å²) in [6, 6.07) is 12.5. The molecule has 0 radical (unpaired) electrons. The molecular weight excluding hydrogens is 417 g/mol. The van der Waals surface area contributed by atoms with Crippen LogP contribution < -0.4 is 5.73 Å². The van der Waals surface area contributed by atoms with Crippen molar-refractivity contribution in [2.75, 3.05) is 0 Å². The van der Waals surface area contributed by atoms with E-state index in [1.165, 1.54) is 4.57 Å². The quantitative estimate of drug-likeness (QED) is 0.506. The summed E-state index contributed by atoms with van der Waals surface area (Å²) in [5, 5.41) is -0.213. The molecule has 2 aromatic heterocycles. The van der Waals surface area contributed by atoms with Crippen LogP contribution in [-0.2, 0) is 12.6 Å². The largest absolute Gasteiger partial charge is 0.416 e. The number of benzene rings is 2. The molecule has 1 amide bonds. The molecule has 9 heteroatoms. The molecule has 0 unspecified atom stereocenters. The first-order chi connectivity index (χ1) is 14.2. The van der Waals surface area contributed by atoms with Gasteiger partial charge in [-0.05, 0) is 53.9 Å². The van der Waals surface area contributed by atoms with Gasteiger partial charge in [0.2, 0.25) is 5.82 Å². The van der Waals surface area contributed by atoms with Crippen molar-refractivity contribution in [2.45, 2.75) is 12.6 Å². The molecule has 4 aromatic rings. The molecule has 2 heterocycles. The van der Waals surface area contributed by atoms with Crippen LogP contribution >= 0.6 is 11.6 Å². The number of amides is 1. The topological polar surface area (TPSA) is 73.8 Å². The van der Waals surface area contributed by atoms with E-state index in [4.69, 9.17) is 17.3 Å². The van der Waals surface area contributed by atoms with Crippen LogP contribution in [0.2, 0.25) is 5.02 Å². The Morgan fingerprint density at radius 1 is 1.03 bits per heavy atom. The summed E-state index contributed by atoms with van der Waals surface area (Å²) in [5.41, 5.74) is 7.09. The number of rotatable bonds is 4. The number of hydrogen-bond donors (Lipinski definition) is 1. The van der Waals surface area contributed by atoms with Crippen molar-refractivity contribution < 1.29 is 18.0 Å². The van der Waals surface area contributed by atoms with Crippen LogP contribution in [0.15, 0.2) is 60.9 Å². The Bertz CT molecular complexity index is 1240. The molecule has 0 spiro atoms. The van der Waals surface area contributed by atoms with E-state index in [2.05, 4.69) is 9.97 Å². The standard InChI is InChI=1S/C21H14ClF3N4O/c22-16-10-14(21(23,24)25)11-17-18(16)28-20(19(26)30)29(17)15-3-1-12(2-4-15)9-13-5-7-27-8-6-13/h1-8,10-11H,9H2,(H2,26,30). The summed E-state index contributed by atoms with van der Waals surface area (Å²) in [4.78, 5) is 20.0. The molecule has 2 N–H and O–H groups in total. The lowest BCUT2D eigenvalue weighted by molar-refractivity contribution is -0.137. The Morgan fingerprint density at radius 3 is 2.27 bits per heavy atom. The highest BCUT2D eigenvalue weighted by Gasteiger charge is 2.32. The van der Waals surface area contributed by atoms with Gasteiger partial charge in [-0.15, -0.1) is 0 Å². The number of carbonyl (C=O) groups is 1. The normalized spacial score (nSPS) is 11.7. The summed E-state index contributed by atoms with van der Waals surface area (Å²) in [5.74, 6) is -1.08. The zero-order chi connectivity index (χ0) is 21.5. The van der Waals surface area contributed by atoms with Gasteiger partial charge in [0, 0.05) is 18.1 Å². The highest BCUT2D eigenvalue weighted by molar-refractivity contribution is 6.35. The molecule has 0 fully saturated rings. The number of pyridine rings is 1. The lowest BCUT2D eigenvalue weighted by Gasteiger charge is -2.11. The van der Waals surface area contributed by atoms with Gasteiger partial charge in [-0.25, -0.2) is 4.98 Å². The molecule has 5 nitrogen and oxygen atoms in total. The first kappa shape index (κ1) is 19.9. The lowest BCUT2D eigenvalue weighted by Crippen LogP contribution is -2.17. The number of hydrogen-bond acceptors (Lipinski definition) is 3. The predicted octanol–water partition coefficient (Wildman–Crippen LogP) is 4.78. The van der Waals surface area contributed by atoms with Gasteiger partial charge in [0.05, 0.1) is 16.1 Å². The Balaban J connectivity index is 1.83. The third-order valence-corrected chi connectivity index (χ3v) is 4.90. The van der Waals surface area contributed by atoms with E-state index in [0.29, 0.717) is 12.1 Å². The average Bonchev–Trinajstić information content (AvgIpc) is 3.09. The van der Waals surface area contributed by atoms with Gasteiger partial charge in [-0.1, -0.05) is 23.7 Å². The number of imidazole rings is 1. The second-order valence-electron chi connectivity index (χ2n) is 6.66. The van der Waals surface area contributed by atoms with Crippen molar-refractivity contribution in [2.24, 2.45) is 5.73 Å². The lowest BCUT2D eigenvalue weighted by atomic mass is 10.1. The molecule has 30 heavy (non-hydrogen) atoms. The number of halogens is 4. The maximum absolute atomic E-state index is 13.3. The first-order valence-electron chi connectivity index (χ1n) is 8.81. The van der Waals surface area contributed by atoms with Crippen LogP contribution in [0.1, 0.15) is 27.3 Å². The number of aromatic nitrogens is 3. The molecule has 4 rings (SSSR count). The van der Waals surface area contributed by atoms with E-state index in [0.717, 1.165) is 23.3 Å². The van der Waals surface area contributed by atoms with Crippen LogP contribution in [0.3, 0.4) is 0 Å². The van der Waals surface area contributed by atoms with Crippen LogP contribution in [0, 0.1) is 0 Å². The van der Waals surface area contributed by atoms with Crippen LogP contribution in [0.25, 0.3) is 16.7 Å². The van der Waals surface area contributed by atoms with E-state index in [1.807, 2.05) is 24.3 Å². The van der Waals surface area contributed by atoms with Crippen LogP contribution in [0.4, 0.5) is 13.2 Å². The van der Waals surface area contributed by atoms with Crippen LogP contribution in [0.5, 0.6) is 0 Å². The minimum Gasteiger partial charge on any atom is -0.363 e. The third kappa shape index (κ3) is 3.73. The van der Waals surface area contributed by atoms with Crippen molar-refractivity contribution in [3.05, 3.63) is 88.5 Å². The highest BCUT2D eigenvalue weighted by atomic mass is 35.5. The van der Waals surface area contributed by atoms with Gasteiger partial charge in [0.15, 0.2) is 0 Å². The molecule has 0 aliphatic heterocycles.